The van der Waals surface area contributed by atoms with Gasteiger partial charge in [0.05, 0.1) is 0 Å². The minimum absolute atomic E-state index is 0.639. The van der Waals surface area contributed by atoms with Crippen molar-refractivity contribution in [3.05, 3.63) is 0 Å². The first kappa shape index (κ1) is 11.4. The maximum Gasteiger partial charge on any atom is 0.130 e. The molecule has 0 saturated heterocycles. The summed E-state index contributed by atoms with van der Waals surface area (Å²) in [5.74, 6) is 9.99. The standard InChI is InChI=1S/C13H20Si/c1-14(2,3)12-8-7-11-13-9-5-4-6-10-13/h13H,4-6,9-10H2,1-3H3. The van der Waals surface area contributed by atoms with Gasteiger partial charge in [0, 0.05) is 5.92 Å². The fourth-order valence-electron chi connectivity index (χ4n) is 1.60. The van der Waals surface area contributed by atoms with Crippen LogP contribution in [0.3, 0.4) is 0 Å². The van der Waals surface area contributed by atoms with Crippen molar-refractivity contribution >= 4 is 8.07 Å². The van der Waals surface area contributed by atoms with E-state index in [0.717, 1.165) is 0 Å². The van der Waals surface area contributed by atoms with Crippen LogP contribution < -0.4 is 0 Å². The predicted octanol–water partition coefficient (Wildman–Crippen LogP) is 3.45. The topological polar surface area (TPSA) is 0 Å². The quantitative estimate of drug-likeness (QED) is 0.419. The molecule has 0 atom stereocenters. The van der Waals surface area contributed by atoms with Crippen molar-refractivity contribution in [2.45, 2.75) is 51.7 Å². The number of hydrogen-bond acceptors (Lipinski definition) is 0. The first-order valence-electron chi connectivity index (χ1n) is 5.61. The molecule has 1 saturated carbocycles. The molecule has 0 nitrogen and oxygen atoms in total. The molecule has 14 heavy (non-hydrogen) atoms. The van der Waals surface area contributed by atoms with Crippen molar-refractivity contribution in [1.29, 1.82) is 0 Å². The zero-order valence-electron chi connectivity index (χ0n) is 9.61. The highest BCUT2D eigenvalue weighted by Crippen LogP contribution is 2.22. The minimum atomic E-state index is -1.21. The average molecular weight is 204 g/mol. The summed E-state index contributed by atoms with van der Waals surface area (Å²) in [6.45, 7) is 6.76. The molecule has 1 rings (SSSR count). The van der Waals surface area contributed by atoms with Crippen LogP contribution in [0.25, 0.3) is 0 Å². The molecular weight excluding hydrogens is 184 g/mol. The lowest BCUT2D eigenvalue weighted by molar-refractivity contribution is 0.430. The highest BCUT2D eigenvalue weighted by atomic mass is 28.3. The summed E-state index contributed by atoms with van der Waals surface area (Å²) < 4.78 is 0. The van der Waals surface area contributed by atoms with Gasteiger partial charge in [-0.2, -0.15) is 0 Å². The Labute approximate surface area is 89.5 Å². The molecule has 1 heteroatoms. The zero-order chi connectivity index (χ0) is 10.4. The molecular formula is C13H20Si. The number of hydrogen-bond donors (Lipinski definition) is 0. The van der Waals surface area contributed by atoms with Crippen LogP contribution in [0, 0.1) is 29.2 Å². The molecule has 0 amide bonds. The second kappa shape index (κ2) is 5.28. The van der Waals surface area contributed by atoms with E-state index in [1.165, 1.54) is 32.1 Å². The smallest absolute Gasteiger partial charge is 0.118 e. The highest BCUT2D eigenvalue weighted by molar-refractivity contribution is 6.83. The molecule has 0 aromatic rings. The molecule has 1 aliphatic rings. The third-order valence-corrected chi connectivity index (χ3v) is 3.26. The molecule has 0 N–H and O–H groups in total. The fourth-order valence-corrected chi connectivity index (χ4v) is 2.04. The Balaban J connectivity index is 2.41. The Hall–Kier alpha value is -0.663. The van der Waals surface area contributed by atoms with E-state index < -0.39 is 8.07 Å². The molecule has 0 aromatic heterocycles. The summed E-state index contributed by atoms with van der Waals surface area (Å²) >= 11 is 0. The van der Waals surface area contributed by atoms with Gasteiger partial charge >= 0.3 is 0 Å². The third kappa shape index (κ3) is 5.15. The molecule has 0 unspecified atom stereocenters. The lowest BCUT2D eigenvalue weighted by Crippen LogP contribution is -2.16. The lowest BCUT2D eigenvalue weighted by Gasteiger charge is -2.15. The molecule has 0 radical (unpaired) electrons. The largest absolute Gasteiger partial charge is 0.130 e. The molecule has 1 aliphatic carbocycles. The summed E-state index contributed by atoms with van der Waals surface area (Å²) in [5, 5.41) is 0. The Bertz CT molecular complexity index is 281. The molecule has 0 heterocycles. The van der Waals surface area contributed by atoms with Gasteiger partial charge in [-0.25, -0.2) is 0 Å². The second-order valence-corrected chi connectivity index (χ2v) is 9.85. The first-order valence-corrected chi connectivity index (χ1v) is 9.11. The van der Waals surface area contributed by atoms with E-state index in [2.05, 4.69) is 42.9 Å². The van der Waals surface area contributed by atoms with E-state index in [-0.39, 0.29) is 0 Å². The van der Waals surface area contributed by atoms with E-state index in [0.29, 0.717) is 5.92 Å². The maximum absolute atomic E-state index is 3.29. The SMILES string of the molecule is C[Si](C)(C)C#CC#CC1CCCCC1. The van der Waals surface area contributed by atoms with Crippen LogP contribution in [-0.2, 0) is 0 Å². The molecule has 0 spiro atoms. The summed E-state index contributed by atoms with van der Waals surface area (Å²) in [6.07, 6.45) is 6.71. The van der Waals surface area contributed by atoms with Crippen LogP contribution in [0.2, 0.25) is 19.6 Å². The summed E-state index contributed by atoms with van der Waals surface area (Å²) in [4.78, 5) is 0. The molecule has 0 bridgehead atoms. The first-order chi connectivity index (χ1) is 6.58. The second-order valence-electron chi connectivity index (χ2n) is 5.10. The van der Waals surface area contributed by atoms with Crippen LogP contribution in [0.4, 0.5) is 0 Å². The van der Waals surface area contributed by atoms with Gasteiger partial charge in [0.25, 0.3) is 0 Å². The summed E-state index contributed by atoms with van der Waals surface area (Å²) in [5.41, 5.74) is 3.28. The molecule has 0 aliphatic heterocycles. The van der Waals surface area contributed by atoms with Crippen LogP contribution >= 0.6 is 0 Å². The van der Waals surface area contributed by atoms with E-state index in [1.54, 1.807) is 0 Å². The van der Waals surface area contributed by atoms with Crippen LogP contribution in [-0.4, -0.2) is 8.07 Å². The Morgan fingerprint density at radius 2 is 1.57 bits per heavy atom. The van der Waals surface area contributed by atoms with E-state index in [9.17, 15) is 0 Å². The number of rotatable bonds is 0. The van der Waals surface area contributed by atoms with Gasteiger partial charge in [-0.05, 0) is 24.7 Å². The van der Waals surface area contributed by atoms with E-state index in [4.69, 9.17) is 0 Å². The van der Waals surface area contributed by atoms with Gasteiger partial charge in [0.15, 0.2) is 0 Å². The van der Waals surface area contributed by atoms with Gasteiger partial charge in [0.1, 0.15) is 8.07 Å². The van der Waals surface area contributed by atoms with Crippen LogP contribution in [0.1, 0.15) is 32.1 Å². The summed E-state index contributed by atoms with van der Waals surface area (Å²) in [6, 6.07) is 0. The zero-order valence-corrected chi connectivity index (χ0v) is 10.6. The third-order valence-electron chi connectivity index (χ3n) is 2.38. The Kier molecular flexibility index (Phi) is 4.30. The predicted molar refractivity (Wildman–Crippen MR) is 65.5 cm³/mol. The van der Waals surface area contributed by atoms with Crippen molar-refractivity contribution in [1.82, 2.24) is 0 Å². The van der Waals surface area contributed by atoms with Crippen molar-refractivity contribution < 1.29 is 0 Å². The van der Waals surface area contributed by atoms with Gasteiger partial charge < -0.3 is 0 Å². The van der Waals surface area contributed by atoms with Gasteiger partial charge in [-0.3, -0.25) is 0 Å². The van der Waals surface area contributed by atoms with Crippen molar-refractivity contribution in [2.75, 3.05) is 0 Å². The van der Waals surface area contributed by atoms with E-state index in [1.807, 2.05) is 0 Å². The van der Waals surface area contributed by atoms with Crippen molar-refractivity contribution in [2.24, 2.45) is 5.92 Å². The summed E-state index contributed by atoms with van der Waals surface area (Å²) in [7, 11) is -1.21. The maximum atomic E-state index is 3.29. The minimum Gasteiger partial charge on any atom is -0.118 e. The van der Waals surface area contributed by atoms with Crippen molar-refractivity contribution in [3.8, 4) is 23.3 Å². The van der Waals surface area contributed by atoms with Gasteiger partial charge in [0.2, 0.25) is 0 Å². The van der Waals surface area contributed by atoms with Crippen molar-refractivity contribution in [3.63, 3.8) is 0 Å². The van der Waals surface area contributed by atoms with Crippen LogP contribution in [0.5, 0.6) is 0 Å². The van der Waals surface area contributed by atoms with Gasteiger partial charge in [-0.1, -0.05) is 44.8 Å². The normalized spacial score (nSPS) is 17.6. The fraction of sp³-hybridized carbons (Fsp3) is 0.692. The van der Waals surface area contributed by atoms with Gasteiger partial charge in [-0.15, -0.1) is 5.54 Å². The highest BCUT2D eigenvalue weighted by Gasteiger charge is 2.09. The molecule has 0 aromatic carbocycles. The van der Waals surface area contributed by atoms with E-state index >= 15 is 0 Å². The monoisotopic (exact) mass is 204 g/mol. The average Bonchev–Trinajstić information content (AvgIpc) is 2.13. The molecule has 76 valence electrons. The Morgan fingerprint density at radius 3 is 2.14 bits per heavy atom. The molecule has 1 fully saturated rings. The Morgan fingerprint density at radius 1 is 0.929 bits per heavy atom. The lowest BCUT2D eigenvalue weighted by atomic mass is 9.90. The van der Waals surface area contributed by atoms with Crippen LogP contribution in [0.15, 0.2) is 0 Å².